The monoisotopic (exact) mass is 380 g/mol. The van der Waals surface area contributed by atoms with Crippen LogP contribution < -0.4 is 10.2 Å². The number of carbonyl (C=O) groups excluding carboxylic acids is 2. The number of hydrogen-bond donors (Lipinski definition) is 1. The highest BCUT2D eigenvalue weighted by atomic mass is 19.4. The molecule has 0 spiro atoms. The van der Waals surface area contributed by atoms with Gasteiger partial charge in [-0.15, -0.1) is 0 Å². The molecule has 2 aromatic carbocycles. The first-order valence-corrected chi connectivity index (χ1v) is 8.04. The van der Waals surface area contributed by atoms with E-state index >= 15 is 0 Å². The molecule has 2 aromatic rings. The number of benzene rings is 2. The molecule has 0 unspecified atom stereocenters. The van der Waals surface area contributed by atoms with Crippen molar-refractivity contribution in [3.63, 3.8) is 0 Å². The summed E-state index contributed by atoms with van der Waals surface area (Å²) in [5.74, 6) is -1.43. The minimum absolute atomic E-state index is 0.0342. The van der Waals surface area contributed by atoms with E-state index in [1.165, 1.54) is 19.1 Å². The Morgan fingerprint density at radius 2 is 1.70 bits per heavy atom. The van der Waals surface area contributed by atoms with Crippen molar-refractivity contribution in [1.29, 1.82) is 0 Å². The van der Waals surface area contributed by atoms with Gasteiger partial charge in [-0.25, -0.2) is 4.79 Å². The fourth-order valence-corrected chi connectivity index (χ4v) is 2.19. The molecule has 0 fully saturated rings. The van der Waals surface area contributed by atoms with Gasteiger partial charge in [0.15, 0.2) is 6.10 Å². The lowest BCUT2D eigenvalue weighted by Crippen LogP contribution is -2.30. The zero-order valence-corrected chi connectivity index (χ0v) is 15.0. The van der Waals surface area contributed by atoms with Crippen LogP contribution in [-0.4, -0.2) is 32.1 Å². The summed E-state index contributed by atoms with van der Waals surface area (Å²) in [6.07, 6.45) is -5.70. The Labute approximate surface area is 154 Å². The highest BCUT2D eigenvalue weighted by Crippen LogP contribution is 2.30. The molecule has 0 aromatic heterocycles. The molecule has 2 rings (SSSR count). The maximum atomic E-state index is 12.7. The smallest absolute Gasteiger partial charge is 0.416 e. The van der Waals surface area contributed by atoms with Crippen molar-refractivity contribution in [3.05, 3.63) is 59.7 Å². The number of alkyl halides is 3. The molecule has 0 aliphatic rings. The summed E-state index contributed by atoms with van der Waals surface area (Å²) in [7, 11) is 3.71. The number of hydrogen-bond acceptors (Lipinski definition) is 4. The fourth-order valence-electron chi connectivity index (χ4n) is 2.19. The Bertz CT molecular complexity index is 818. The Hall–Kier alpha value is -3.03. The van der Waals surface area contributed by atoms with Crippen molar-refractivity contribution in [2.24, 2.45) is 0 Å². The predicted molar refractivity (Wildman–Crippen MR) is 95.7 cm³/mol. The second kappa shape index (κ2) is 8.11. The lowest BCUT2D eigenvalue weighted by Gasteiger charge is -2.15. The molecule has 0 aliphatic carbocycles. The topological polar surface area (TPSA) is 58.6 Å². The van der Waals surface area contributed by atoms with E-state index in [-0.39, 0.29) is 11.3 Å². The Morgan fingerprint density at radius 3 is 2.26 bits per heavy atom. The van der Waals surface area contributed by atoms with E-state index < -0.39 is 29.7 Å². The van der Waals surface area contributed by atoms with Gasteiger partial charge in [-0.1, -0.05) is 6.07 Å². The van der Waals surface area contributed by atoms with Crippen LogP contribution in [0.4, 0.5) is 24.5 Å². The number of nitrogens with one attached hydrogen (secondary N) is 1. The van der Waals surface area contributed by atoms with Crippen LogP contribution in [0, 0.1) is 0 Å². The third kappa shape index (κ3) is 5.47. The van der Waals surface area contributed by atoms with Gasteiger partial charge in [-0.3, -0.25) is 4.79 Å². The first-order valence-electron chi connectivity index (χ1n) is 8.04. The van der Waals surface area contributed by atoms with Crippen LogP contribution in [0.25, 0.3) is 0 Å². The highest BCUT2D eigenvalue weighted by Gasteiger charge is 2.30. The maximum Gasteiger partial charge on any atom is 0.416 e. The average Bonchev–Trinajstić information content (AvgIpc) is 2.61. The number of carbonyl (C=O) groups is 2. The lowest BCUT2D eigenvalue weighted by molar-refractivity contribution is -0.137. The SMILES string of the molecule is C[C@H](OC(=O)c1ccc(N(C)C)cc1)C(=O)Nc1cccc(C(F)(F)F)c1. The van der Waals surface area contributed by atoms with Crippen LogP contribution in [0.1, 0.15) is 22.8 Å². The van der Waals surface area contributed by atoms with Crippen LogP contribution >= 0.6 is 0 Å². The van der Waals surface area contributed by atoms with Crippen molar-refractivity contribution < 1.29 is 27.5 Å². The van der Waals surface area contributed by atoms with E-state index in [2.05, 4.69) is 5.32 Å². The van der Waals surface area contributed by atoms with Crippen LogP contribution in [0.3, 0.4) is 0 Å². The molecular formula is C19H19F3N2O3. The molecule has 0 aliphatic heterocycles. The van der Waals surface area contributed by atoms with E-state index in [0.717, 1.165) is 17.8 Å². The van der Waals surface area contributed by atoms with Gasteiger partial charge in [0.05, 0.1) is 11.1 Å². The van der Waals surface area contributed by atoms with E-state index in [1.807, 2.05) is 19.0 Å². The summed E-state index contributed by atoms with van der Waals surface area (Å²) in [4.78, 5) is 26.1. The van der Waals surface area contributed by atoms with Gasteiger partial charge in [-0.05, 0) is 49.4 Å². The fraction of sp³-hybridized carbons (Fsp3) is 0.263. The number of halogens is 3. The number of anilines is 2. The molecular weight excluding hydrogens is 361 g/mol. The maximum absolute atomic E-state index is 12.7. The molecule has 27 heavy (non-hydrogen) atoms. The quantitative estimate of drug-likeness (QED) is 0.798. The Kier molecular flexibility index (Phi) is 6.09. The van der Waals surface area contributed by atoms with Crippen LogP contribution in [0.2, 0.25) is 0 Å². The van der Waals surface area contributed by atoms with Gasteiger partial charge in [0.2, 0.25) is 0 Å². The van der Waals surface area contributed by atoms with Gasteiger partial charge in [0.25, 0.3) is 5.91 Å². The van der Waals surface area contributed by atoms with Crippen LogP contribution in [0.15, 0.2) is 48.5 Å². The first kappa shape index (κ1) is 20.3. The molecule has 0 bridgehead atoms. The van der Waals surface area contributed by atoms with Crippen LogP contribution in [-0.2, 0) is 15.7 Å². The molecule has 0 radical (unpaired) electrons. The molecule has 8 heteroatoms. The van der Waals surface area contributed by atoms with Gasteiger partial charge in [-0.2, -0.15) is 13.2 Å². The Morgan fingerprint density at radius 1 is 1.07 bits per heavy atom. The number of esters is 1. The van der Waals surface area contributed by atoms with Crippen LogP contribution in [0.5, 0.6) is 0 Å². The zero-order valence-electron chi connectivity index (χ0n) is 15.0. The lowest BCUT2D eigenvalue weighted by atomic mass is 10.2. The van der Waals surface area contributed by atoms with Crippen molar-refractivity contribution in [2.45, 2.75) is 19.2 Å². The van der Waals surface area contributed by atoms with E-state index in [4.69, 9.17) is 4.74 Å². The molecule has 0 heterocycles. The van der Waals surface area contributed by atoms with Gasteiger partial charge in [0.1, 0.15) is 0 Å². The number of nitrogens with zero attached hydrogens (tertiary/aromatic N) is 1. The van der Waals surface area contributed by atoms with Crippen molar-refractivity contribution in [2.75, 3.05) is 24.3 Å². The average molecular weight is 380 g/mol. The predicted octanol–water partition coefficient (Wildman–Crippen LogP) is 3.96. The van der Waals surface area contributed by atoms with Crippen molar-refractivity contribution in [1.82, 2.24) is 0 Å². The standard InChI is InChI=1S/C19H19F3N2O3/c1-12(27-18(26)13-7-9-16(10-8-13)24(2)3)17(25)23-15-6-4-5-14(11-15)19(20,21)22/h4-12H,1-3H3,(H,23,25)/t12-/m0/s1. The number of ether oxygens (including phenoxy) is 1. The second-order valence-corrected chi connectivity index (χ2v) is 6.06. The minimum atomic E-state index is -4.52. The molecule has 1 atom stereocenters. The third-order valence-electron chi connectivity index (χ3n) is 3.73. The number of rotatable bonds is 5. The van der Waals surface area contributed by atoms with E-state index in [1.54, 1.807) is 24.3 Å². The summed E-state index contributed by atoms with van der Waals surface area (Å²) in [6.45, 7) is 1.34. The summed E-state index contributed by atoms with van der Waals surface area (Å²) < 4.78 is 43.2. The molecule has 0 saturated carbocycles. The van der Waals surface area contributed by atoms with Gasteiger partial charge in [0, 0.05) is 25.5 Å². The zero-order chi connectivity index (χ0) is 20.2. The van der Waals surface area contributed by atoms with Gasteiger partial charge >= 0.3 is 12.1 Å². The molecule has 1 amide bonds. The van der Waals surface area contributed by atoms with Gasteiger partial charge < -0.3 is 15.0 Å². The van der Waals surface area contributed by atoms with E-state index in [0.29, 0.717) is 0 Å². The Balaban J connectivity index is 2.00. The van der Waals surface area contributed by atoms with Crippen molar-refractivity contribution >= 4 is 23.3 Å². The number of amides is 1. The normalized spacial score (nSPS) is 12.2. The second-order valence-electron chi connectivity index (χ2n) is 6.06. The molecule has 5 nitrogen and oxygen atoms in total. The van der Waals surface area contributed by atoms with Crippen molar-refractivity contribution in [3.8, 4) is 0 Å². The summed E-state index contributed by atoms with van der Waals surface area (Å²) in [5, 5.41) is 2.31. The minimum Gasteiger partial charge on any atom is -0.449 e. The van der Waals surface area contributed by atoms with E-state index in [9.17, 15) is 22.8 Å². The molecule has 144 valence electrons. The summed E-state index contributed by atoms with van der Waals surface area (Å²) in [6, 6.07) is 10.8. The molecule has 1 N–H and O–H groups in total. The molecule has 0 saturated heterocycles. The third-order valence-corrected chi connectivity index (χ3v) is 3.73. The summed E-state index contributed by atoms with van der Waals surface area (Å²) in [5.41, 5.74) is 0.236. The summed E-state index contributed by atoms with van der Waals surface area (Å²) >= 11 is 0. The first-order chi connectivity index (χ1) is 12.6. The highest BCUT2D eigenvalue weighted by molar-refractivity contribution is 5.97. The largest absolute Gasteiger partial charge is 0.449 e.